The van der Waals surface area contributed by atoms with Crippen molar-refractivity contribution >= 4 is 5.69 Å². The van der Waals surface area contributed by atoms with Gasteiger partial charge < -0.3 is 4.98 Å². The molecule has 56 valence electrons. The molecule has 0 atom stereocenters. The van der Waals surface area contributed by atoms with Gasteiger partial charge in [-0.05, 0) is 0 Å². The van der Waals surface area contributed by atoms with Crippen LogP contribution in [0.5, 0.6) is 0 Å². The number of pyridine rings is 1. The minimum Gasteiger partial charge on any atom is -0.402 e. The van der Waals surface area contributed by atoms with E-state index < -0.39 is 0 Å². The van der Waals surface area contributed by atoms with Crippen molar-refractivity contribution in [3.8, 4) is 0 Å². The van der Waals surface area contributed by atoms with E-state index >= 15 is 0 Å². The summed E-state index contributed by atoms with van der Waals surface area (Å²) in [6.45, 7) is 10.4. The third kappa shape index (κ3) is 2.44. The van der Waals surface area contributed by atoms with E-state index in [1.807, 2.05) is 13.8 Å². The molecular formula is C8H7N2W-. The van der Waals surface area contributed by atoms with Gasteiger partial charge in [0.2, 0.25) is 0 Å². The van der Waals surface area contributed by atoms with Crippen LogP contribution in [0, 0.1) is 26.6 Å². The van der Waals surface area contributed by atoms with Crippen molar-refractivity contribution in [2.45, 2.75) is 13.8 Å². The Bertz CT molecular complexity index is 289. The number of aromatic nitrogens is 1. The second-order valence-electron chi connectivity index (χ2n) is 2.13. The van der Waals surface area contributed by atoms with Gasteiger partial charge in [0, 0.05) is 21.1 Å². The maximum atomic E-state index is 6.75. The van der Waals surface area contributed by atoms with E-state index in [4.69, 9.17) is 6.57 Å². The normalized spacial score (nSPS) is 8.09. The van der Waals surface area contributed by atoms with Crippen LogP contribution in [0.4, 0.5) is 5.69 Å². The topological polar surface area (TPSA) is 17.2 Å². The molecule has 0 fully saturated rings. The molecular weight excluding hydrogens is 308 g/mol. The van der Waals surface area contributed by atoms with Crippen molar-refractivity contribution in [3.05, 3.63) is 34.9 Å². The molecule has 0 aliphatic rings. The van der Waals surface area contributed by atoms with Crippen LogP contribution in [-0.2, 0) is 21.1 Å². The maximum Gasteiger partial charge on any atom is 0.103 e. The van der Waals surface area contributed by atoms with Gasteiger partial charge >= 0.3 is 0 Å². The van der Waals surface area contributed by atoms with Crippen molar-refractivity contribution in [2.75, 3.05) is 0 Å². The van der Waals surface area contributed by atoms with Crippen molar-refractivity contribution < 1.29 is 21.1 Å². The van der Waals surface area contributed by atoms with Gasteiger partial charge in [-0.15, -0.1) is 0 Å². The molecule has 0 aliphatic carbocycles. The van der Waals surface area contributed by atoms with Crippen molar-refractivity contribution in [2.24, 2.45) is 0 Å². The predicted molar refractivity (Wildman–Crippen MR) is 38.8 cm³/mol. The molecule has 0 saturated carbocycles. The van der Waals surface area contributed by atoms with E-state index in [2.05, 4.69) is 16.0 Å². The Balaban J connectivity index is 0.000001000. The Morgan fingerprint density at radius 2 is 2.18 bits per heavy atom. The SMILES string of the molecule is [C-]#[N+]c1cc(C)[c-]nc1C.[W]. The van der Waals surface area contributed by atoms with Crippen LogP contribution in [0.1, 0.15) is 11.3 Å². The average molecular weight is 315 g/mol. The zero-order valence-corrected chi connectivity index (χ0v) is 9.31. The Morgan fingerprint density at radius 3 is 2.64 bits per heavy atom. The quantitative estimate of drug-likeness (QED) is 0.670. The summed E-state index contributed by atoms with van der Waals surface area (Å²) in [6, 6.07) is 1.79. The van der Waals surface area contributed by atoms with E-state index in [1.54, 1.807) is 6.07 Å². The number of hydrogen-bond acceptors (Lipinski definition) is 1. The average Bonchev–Trinajstić information content (AvgIpc) is 1.94. The van der Waals surface area contributed by atoms with Crippen LogP contribution >= 0.6 is 0 Å². The number of aryl methyl sites for hydroxylation is 2. The molecule has 1 aromatic heterocycles. The van der Waals surface area contributed by atoms with Gasteiger partial charge in [0.15, 0.2) is 0 Å². The van der Waals surface area contributed by atoms with Crippen LogP contribution < -0.4 is 0 Å². The first-order valence-corrected chi connectivity index (χ1v) is 2.97. The summed E-state index contributed by atoms with van der Waals surface area (Å²) in [5.74, 6) is 0. The number of nitrogens with zero attached hydrogens (tertiary/aromatic N) is 2. The van der Waals surface area contributed by atoms with Crippen LogP contribution in [-0.4, -0.2) is 4.98 Å². The fourth-order valence-electron chi connectivity index (χ4n) is 0.684. The van der Waals surface area contributed by atoms with Crippen LogP contribution in [0.25, 0.3) is 4.85 Å². The number of hydrogen-bond donors (Lipinski definition) is 0. The monoisotopic (exact) mass is 315 g/mol. The first-order valence-electron chi connectivity index (χ1n) is 2.97. The van der Waals surface area contributed by atoms with Gasteiger partial charge in [-0.25, -0.2) is 0 Å². The molecule has 0 saturated heterocycles. The summed E-state index contributed by atoms with van der Waals surface area (Å²) in [5, 5.41) is 0. The molecule has 2 nitrogen and oxygen atoms in total. The molecule has 1 heterocycles. The van der Waals surface area contributed by atoms with Crippen molar-refractivity contribution in [1.29, 1.82) is 0 Å². The maximum absolute atomic E-state index is 6.75. The summed E-state index contributed by atoms with van der Waals surface area (Å²) in [5.41, 5.74) is 2.29. The predicted octanol–water partition coefficient (Wildman–Crippen LogP) is 2.05. The molecule has 1 rings (SSSR count). The first-order chi connectivity index (χ1) is 4.74. The summed E-state index contributed by atoms with van der Waals surface area (Å²) in [7, 11) is 0. The summed E-state index contributed by atoms with van der Waals surface area (Å²) >= 11 is 0. The fourth-order valence-corrected chi connectivity index (χ4v) is 0.684. The Labute approximate surface area is 80.7 Å². The molecule has 3 heteroatoms. The smallest absolute Gasteiger partial charge is 0.103 e. The molecule has 11 heavy (non-hydrogen) atoms. The van der Waals surface area contributed by atoms with Crippen LogP contribution in [0.15, 0.2) is 6.07 Å². The van der Waals surface area contributed by atoms with E-state index in [0.29, 0.717) is 5.69 Å². The minimum absolute atomic E-state index is 0. The van der Waals surface area contributed by atoms with Gasteiger partial charge in [-0.3, -0.25) is 4.85 Å². The Hall–Kier alpha value is -0.672. The zero-order valence-electron chi connectivity index (χ0n) is 6.38. The molecule has 0 aliphatic heterocycles. The Kier molecular flexibility index (Phi) is 4.00. The minimum atomic E-state index is 0. The van der Waals surface area contributed by atoms with Gasteiger partial charge in [0.25, 0.3) is 0 Å². The fraction of sp³-hybridized carbons (Fsp3) is 0.250. The largest absolute Gasteiger partial charge is 0.402 e. The van der Waals surface area contributed by atoms with E-state index in [0.717, 1.165) is 11.3 Å². The molecule has 0 unspecified atom stereocenters. The third-order valence-corrected chi connectivity index (χ3v) is 1.24. The van der Waals surface area contributed by atoms with Gasteiger partial charge in [0.1, 0.15) is 5.69 Å². The zero-order chi connectivity index (χ0) is 7.56. The van der Waals surface area contributed by atoms with E-state index in [-0.39, 0.29) is 21.1 Å². The molecule has 0 N–H and O–H groups in total. The molecule has 0 bridgehead atoms. The summed E-state index contributed by atoms with van der Waals surface area (Å²) in [6.07, 6.45) is 2.78. The second-order valence-corrected chi connectivity index (χ2v) is 2.13. The van der Waals surface area contributed by atoms with Crippen LogP contribution in [0.2, 0.25) is 0 Å². The molecule has 0 aromatic carbocycles. The van der Waals surface area contributed by atoms with Crippen molar-refractivity contribution in [1.82, 2.24) is 4.98 Å². The molecule has 0 radical (unpaired) electrons. The van der Waals surface area contributed by atoms with Gasteiger partial charge in [-0.2, -0.15) is 11.6 Å². The van der Waals surface area contributed by atoms with Gasteiger partial charge in [-0.1, -0.05) is 25.7 Å². The summed E-state index contributed by atoms with van der Waals surface area (Å²) in [4.78, 5) is 7.21. The van der Waals surface area contributed by atoms with E-state index in [1.165, 1.54) is 0 Å². The first kappa shape index (κ1) is 10.3. The summed E-state index contributed by atoms with van der Waals surface area (Å²) < 4.78 is 0. The number of rotatable bonds is 0. The third-order valence-electron chi connectivity index (χ3n) is 1.24. The van der Waals surface area contributed by atoms with Crippen LogP contribution in [0.3, 0.4) is 0 Å². The Morgan fingerprint density at radius 1 is 1.55 bits per heavy atom. The van der Waals surface area contributed by atoms with E-state index in [9.17, 15) is 0 Å². The van der Waals surface area contributed by atoms with Gasteiger partial charge in [0.05, 0.1) is 6.57 Å². The molecule has 0 spiro atoms. The molecule has 1 aromatic rings. The molecule has 0 amide bonds. The van der Waals surface area contributed by atoms with Crippen molar-refractivity contribution in [3.63, 3.8) is 0 Å². The standard InChI is InChI=1S/C8H7N2.W/c1-6-4-8(9-3)7(2)10-5-6;/h4H,1-2H3;/q-1;. The second kappa shape index (κ2) is 4.26.